The summed E-state index contributed by atoms with van der Waals surface area (Å²) >= 11 is 1.39. The maximum absolute atomic E-state index is 12.3. The van der Waals surface area contributed by atoms with E-state index in [9.17, 15) is 13.2 Å². The summed E-state index contributed by atoms with van der Waals surface area (Å²) in [6.07, 6.45) is -3.70. The average molecular weight is 487 g/mol. The van der Waals surface area contributed by atoms with E-state index in [2.05, 4.69) is 63.2 Å². The highest BCUT2D eigenvalue weighted by Crippen LogP contribution is 2.27. The monoisotopic (exact) mass is 486 g/mol. The Balaban J connectivity index is 1.34. The molecule has 0 spiro atoms. The first-order valence-corrected chi connectivity index (χ1v) is 11.5. The fourth-order valence-electron chi connectivity index (χ4n) is 3.21. The molecule has 0 radical (unpaired) electrons. The predicted octanol–water partition coefficient (Wildman–Crippen LogP) is 6.58. The normalized spacial score (nSPS) is 11.7. The Hall–Kier alpha value is -3.40. The highest BCUT2D eigenvalue weighted by atomic mass is 32.2. The Kier molecular flexibility index (Phi) is 7.16. The number of alkyl halides is 3. The second-order valence-corrected chi connectivity index (χ2v) is 8.92. The predicted molar refractivity (Wildman–Crippen MR) is 122 cm³/mol. The van der Waals surface area contributed by atoms with Gasteiger partial charge < -0.3 is 9.26 Å². The fraction of sp³-hybridized carbons (Fsp3) is 0.250. The zero-order valence-corrected chi connectivity index (χ0v) is 19.2. The molecule has 0 amide bonds. The van der Waals surface area contributed by atoms with Crippen molar-refractivity contribution in [3.8, 4) is 28.4 Å². The largest absolute Gasteiger partial charge is 0.573 e. The smallest absolute Gasteiger partial charge is 0.406 e. The molecule has 0 N–H and O–H groups in total. The Morgan fingerprint density at radius 3 is 2.24 bits per heavy atom. The molecular weight excluding hydrogens is 465 g/mol. The molecule has 2 heterocycles. The minimum absolute atomic E-state index is 0.275. The van der Waals surface area contributed by atoms with Crippen molar-refractivity contribution in [1.82, 2.24) is 20.3 Å². The Labute approximate surface area is 198 Å². The molecule has 34 heavy (non-hydrogen) atoms. The summed E-state index contributed by atoms with van der Waals surface area (Å²) in [4.78, 5) is 4.28. The lowest BCUT2D eigenvalue weighted by Gasteiger charge is -2.08. The van der Waals surface area contributed by atoms with Gasteiger partial charge in [0, 0.05) is 11.1 Å². The summed E-state index contributed by atoms with van der Waals surface area (Å²) in [5, 5.41) is 13.2. The van der Waals surface area contributed by atoms with Crippen LogP contribution in [0.1, 0.15) is 25.3 Å². The number of hydrogen-bond donors (Lipinski definition) is 0. The number of thioether (sulfide) groups is 1. The van der Waals surface area contributed by atoms with Crippen LogP contribution in [-0.2, 0) is 12.2 Å². The van der Waals surface area contributed by atoms with E-state index in [0.29, 0.717) is 28.2 Å². The molecule has 2 aromatic heterocycles. The molecule has 4 aromatic rings. The number of benzene rings is 2. The third kappa shape index (κ3) is 6.57. The lowest BCUT2D eigenvalue weighted by atomic mass is 10.0. The van der Waals surface area contributed by atoms with Crippen molar-refractivity contribution in [3.05, 3.63) is 72.1 Å². The molecule has 0 saturated carbocycles. The van der Waals surface area contributed by atoms with Crippen molar-refractivity contribution >= 4 is 11.8 Å². The van der Waals surface area contributed by atoms with E-state index in [-0.39, 0.29) is 11.6 Å². The Bertz CT molecular complexity index is 1210. The van der Waals surface area contributed by atoms with Crippen LogP contribution in [0.25, 0.3) is 22.6 Å². The van der Waals surface area contributed by atoms with Gasteiger partial charge in [0.1, 0.15) is 10.8 Å². The molecule has 0 aliphatic rings. The van der Waals surface area contributed by atoms with Crippen LogP contribution in [0.4, 0.5) is 13.2 Å². The first-order valence-electron chi connectivity index (χ1n) is 10.5. The molecule has 4 rings (SSSR count). The van der Waals surface area contributed by atoms with Gasteiger partial charge in [-0.3, -0.25) is 0 Å². The van der Waals surface area contributed by atoms with Crippen molar-refractivity contribution in [1.29, 1.82) is 0 Å². The highest BCUT2D eigenvalue weighted by Gasteiger charge is 2.31. The first-order chi connectivity index (χ1) is 16.2. The van der Waals surface area contributed by atoms with Crippen LogP contribution in [0, 0.1) is 5.92 Å². The molecule has 10 heteroatoms. The molecule has 0 bridgehead atoms. The first kappa shape index (κ1) is 23.7. The minimum atomic E-state index is -4.74. The number of rotatable bonds is 8. The number of halogens is 3. The van der Waals surface area contributed by atoms with Crippen molar-refractivity contribution in [2.75, 3.05) is 0 Å². The van der Waals surface area contributed by atoms with Gasteiger partial charge in [-0.15, -0.1) is 23.4 Å². The van der Waals surface area contributed by atoms with E-state index in [1.165, 1.54) is 41.6 Å². The van der Waals surface area contributed by atoms with Crippen LogP contribution in [0.3, 0.4) is 0 Å². The van der Waals surface area contributed by atoms with Crippen LogP contribution in [0.5, 0.6) is 5.75 Å². The second-order valence-electron chi connectivity index (χ2n) is 7.92. The van der Waals surface area contributed by atoms with Crippen LogP contribution >= 0.6 is 11.8 Å². The quantitative estimate of drug-likeness (QED) is 0.260. The summed E-state index contributed by atoms with van der Waals surface area (Å²) in [5.74, 6) is 1.30. The summed E-state index contributed by atoms with van der Waals surface area (Å²) in [5.41, 5.74) is 3.60. The molecule has 6 nitrogen and oxygen atoms in total. The number of aromatic nitrogens is 4. The molecule has 176 valence electrons. The molecule has 0 unspecified atom stereocenters. The Morgan fingerprint density at radius 1 is 0.912 bits per heavy atom. The van der Waals surface area contributed by atoms with Crippen LogP contribution in [0.15, 0.2) is 70.2 Å². The van der Waals surface area contributed by atoms with E-state index >= 15 is 0 Å². The summed E-state index contributed by atoms with van der Waals surface area (Å²) in [6, 6.07) is 17.4. The maximum atomic E-state index is 12.3. The number of ether oxygens (including phenoxy) is 1. The standard InChI is InChI=1S/C24H21F3N4O2S/c1-15(2)13-16-3-5-17(6-4-16)20-11-12-22(30-29-20)34-14-21-28-23(31-33-21)18-7-9-19(10-8-18)32-24(25,26)27/h3-12,15H,13-14H2,1-2H3. The third-order valence-corrected chi connectivity index (χ3v) is 5.60. The van der Waals surface area contributed by atoms with Crippen LogP contribution < -0.4 is 4.74 Å². The van der Waals surface area contributed by atoms with Gasteiger partial charge in [-0.25, -0.2) is 0 Å². The van der Waals surface area contributed by atoms with E-state index in [1.807, 2.05) is 12.1 Å². The van der Waals surface area contributed by atoms with Gasteiger partial charge in [-0.05, 0) is 54.3 Å². The molecule has 2 aromatic carbocycles. The Morgan fingerprint density at radius 2 is 1.62 bits per heavy atom. The van der Waals surface area contributed by atoms with E-state index in [0.717, 1.165) is 17.7 Å². The summed E-state index contributed by atoms with van der Waals surface area (Å²) < 4.78 is 45.9. The maximum Gasteiger partial charge on any atom is 0.573 e. The molecule has 0 fully saturated rings. The second kappa shape index (κ2) is 10.3. The van der Waals surface area contributed by atoms with Gasteiger partial charge in [0.2, 0.25) is 11.7 Å². The third-order valence-electron chi connectivity index (χ3n) is 4.69. The lowest BCUT2D eigenvalue weighted by Crippen LogP contribution is -2.16. The van der Waals surface area contributed by atoms with E-state index in [1.54, 1.807) is 0 Å². The van der Waals surface area contributed by atoms with Crippen LogP contribution in [0.2, 0.25) is 0 Å². The number of nitrogens with zero attached hydrogens (tertiary/aromatic N) is 4. The molecular formula is C24H21F3N4O2S. The summed E-state index contributed by atoms with van der Waals surface area (Å²) in [7, 11) is 0. The van der Waals surface area contributed by atoms with Gasteiger partial charge in [0.15, 0.2) is 0 Å². The van der Waals surface area contributed by atoms with Gasteiger partial charge in [-0.1, -0.05) is 55.0 Å². The van der Waals surface area contributed by atoms with Crippen molar-refractivity contribution < 1.29 is 22.4 Å². The van der Waals surface area contributed by atoms with Gasteiger partial charge in [0.05, 0.1) is 11.4 Å². The molecule has 0 saturated heterocycles. The molecule has 0 atom stereocenters. The van der Waals surface area contributed by atoms with E-state index in [4.69, 9.17) is 4.52 Å². The zero-order chi connectivity index (χ0) is 24.1. The molecule has 0 aliphatic heterocycles. The highest BCUT2D eigenvalue weighted by molar-refractivity contribution is 7.98. The fourth-order valence-corrected chi connectivity index (χ4v) is 3.86. The topological polar surface area (TPSA) is 73.9 Å². The lowest BCUT2D eigenvalue weighted by molar-refractivity contribution is -0.274. The van der Waals surface area contributed by atoms with Crippen molar-refractivity contribution in [2.45, 2.75) is 37.4 Å². The van der Waals surface area contributed by atoms with E-state index < -0.39 is 6.36 Å². The van der Waals surface area contributed by atoms with Gasteiger partial charge in [-0.2, -0.15) is 4.98 Å². The van der Waals surface area contributed by atoms with Crippen LogP contribution in [-0.4, -0.2) is 26.7 Å². The average Bonchev–Trinajstić information content (AvgIpc) is 3.27. The SMILES string of the molecule is CC(C)Cc1ccc(-c2ccc(SCc3nc(-c4ccc(OC(F)(F)F)cc4)no3)nn2)cc1. The summed E-state index contributed by atoms with van der Waals surface area (Å²) in [6.45, 7) is 4.39. The van der Waals surface area contributed by atoms with Crippen molar-refractivity contribution in [3.63, 3.8) is 0 Å². The molecule has 0 aliphatic carbocycles. The number of hydrogen-bond acceptors (Lipinski definition) is 7. The minimum Gasteiger partial charge on any atom is -0.406 e. The van der Waals surface area contributed by atoms with Gasteiger partial charge in [0.25, 0.3) is 0 Å². The van der Waals surface area contributed by atoms with Crippen molar-refractivity contribution in [2.24, 2.45) is 5.92 Å². The van der Waals surface area contributed by atoms with Gasteiger partial charge >= 0.3 is 6.36 Å². The zero-order valence-electron chi connectivity index (χ0n) is 18.4.